The minimum absolute atomic E-state index is 0.0254. The monoisotopic (exact) mass is 337 g/mol. The molecule has 1 aliphatic carbocycles. The molecule has 24 heavy (non-hydrogen) atoms. The Bertz CT molecular complexity index is 578. The average molecular weight is 337 g/mol. The summed E-state index contributed by atoms with van der Waals surface area (Å²) in [6.45, 7) is 3.19. The van der Waals surface area contributed by atoms with Crippen LogP contribution in [0, 0.1) is 11.7 Å². The normalized spacial score (nSPS) is 21.6. The molecule has 1 N–H and O–H groups in total. The Morgan fingerprint density at radius 3 is 2.71 bits per heavy atom. The Morgan fingerprint density at radius 2 is 2.00 bits per heavy atom. The van der Waals surface area contributed by atoms with E-state index in [1.165, 1.54) is 31.5 Å². The molecular weight excluding hydrogens is 313 g/mol. The van der Waals surface area contributed by atoms with E-state index in [0.717, 1.165) is 19.3 Å². The van der Waals surface area contributed by atoms with E-state index in [1.54, 1.807) is 6.07 Å². The molecule has 2 rings (SSSR count). The van der Waals surface area contributed by atoms with Gasteiger partial charge in [-0.1, -0.05) is 31.9 Å². The summed E-state index contributed by atoms with van der Waals surface area (Å²) in [6.07, 6.45) is 3.42. The maximum Gasteiger partial charge on any atom is 0.344 e. The molecule has 1 saturated carbocycles. The molecule has 132 valence electrons. The fourth-order valence-corrected chi connectivity index (χ4v) is 2.81. The van der Waals surface area contributed by atoms with Crippen molar-refractivity contribution in [1.82, 2.24) is 5.32 Å². The minimum atomic E-state index is -0.907. The van der Waals surface area contributed by atoms with Crippen LogP contribution in [0.15, 0.2) is 24.3 Å². The number of carbonyl (C=O) groups excluding carboxylic acids is 2. The third-order valence-electron chi connectivity index (χ3n) is 4.30. The lowest BCUT2D eigenvalue weighted by molar-refractivity contribution is -0.157. The molecule has 0 heterocycles. The summed E-state index contributed by atoms with van der Waals surface area (Å²) in [5.41, 5.74) is 0. The SMILES string of the molecule is C[C@@H](OC(=O)COc1ccccc1F)C(=O)N[C@@H]1CCCC[C@@H]1C. The van der Waals surface area contributed by atoms with Crippen molar-refractivity contribution in [2.75, 3.05) is 6.61 Å². The molecule has 0 unspecified atom stereocenters. The lowest BCUT2D eigenvalue weighted by atomic mass is 9.86. The molecule has 1 aromatic carbocycles. The highest BCUT2D eigenvalue weighted by Crippen LogP contribution is 2.23. The lowest BCUT2D eigenvalue weighted by Gasteiger charge is -2.30. The van der Waals surface area contributed by atoms with Gasteiger partial charge in [0.2, 0.25) is 0 Å². The largest absolute Gasteiger partial charge is 0.479 e. The molecule has 0 spiro atoms. The van der Waals surface area contributed by atoms with Crippen LogP contribution in [0.2, 0.25) is 0 Å². The van der Waals surface area contributed by atoms with Crippen molar-refractivity contribution in [2.45, 2.75) is 51.7 Å². The molecule has 1 aromatic rings. The molecule has 1 fully saturated rings. The molecule has 0 bridgehead atoms. The summed E-state index contributed by atoms with van der Waals surface area (Å²) in [4.78, 5) is 23.9. The van der Waals surface area contributed by atoms with Crippen molar-refractivity contribution in [3.63, 3.8) is 0 Å². The molecule has 0 radical (unpaired) electrons. The maximum absolute atomic E-state index is 13.4. The summed E-state index contributed by atoms with van der Waals surface area (Å²) < 4.78 is 23.5. The molecule has 0 saturated heterocycles. The first-order chi connectivity index (χ1) is 11.5. The molecule has 3 atom stereocenters. The van der Waals surface area contributed by atoms with E-state index in [1.807, 2.05) is 0 Å². The number of halogens is 1. The Kier molecular flexibility index (Phi) is 6.58. The summed E-state index contributed by atoms with van der Waals surface area (Å²) in [5.74, 6) is -1.18. The van der Waals surface area contributed by atoms with Gasteiger partial charge in [0.1, 0.15) is 0 Å². The van der Waals surface area contributed by atoms with Crippen molar-refractivity contribution in [1.29, 1.82) is 0 Å². The summed E-state index contributed by atoms with van der Waals surface area (Å²) >= 11 is 0. The van der Waals surface area contributed by atoms with E-state index in [9.17, 15) is 14.0 Å². The number of hydrogen-bond donors (Lipinski definition) is 1. The zero-order valence-corrected chi connectivity index (χ0v) is 14.1. The van der Waals surface area contributed by atoms with Crippen molar-refractivity contribution >= 4 is 11.9 Å². The zero-order chi connectivity index (χ0) is 17.5. The number of carbonyl (C=O) groups is 2. The quantitative estimate of drug-likeness (QED) is 0.811. The number of nitrogens with one attached hydrogen (secondary N) is 1. The third kappa shape index (κ3) is 5.22. The molecule has 1 aliphatic rings. The highest BCUT2D eigenvalue weighted by Gasteiger charge is 2.26. The Labute approximate surface area is 141 Å². The highest BCUT2D eigenvalue weighted by molar-refractivity contribution is 5.83. The molecule has 5 nitrogen and oxygen atoms in total. The van der Waals surface area contributed by atoms with Gasteiger partial charge in [-0.2, -0.15) is 0 Å². The number of para-hydroxylation sites is 1. The van der Waals surface area contributed by atoms with Gasteiger partial charge in [-0.25, -0.2) is 9.18 Å². The third-order valence-corrected chi connectivity index (χ3v) is 4.30. The van der Waals surface area contributed by atoms with Crippen LogP contribution in [0.1, 0.15) is 39.5 Å². The van der Waals surface area contributed by atoms with Gasteiger partial charge in [-0.15, -0.1) is 0 Å². The van der Waals surface area contributed by atoms with Gasteiger partial charge in [-0.3, -0.25) is 4.79 Å². The number of rotatable bonds is 6. The van der Waals surface area contributed by atoms with Gasteiger partial charge in [-0.05, 0) is 37.8 Å². The number of amides is 1. The first-order valence-corrected chi connectivity index (χ1v) is 8.34. The summed E-state index contributed by atoms with van der Waals surface area (Å²) in [5, 5.41) is 2.94. The molecule has 1 amide bonds. The topological polar surface area (TPSA) is 64.6 Å². The van der Waals surface area contributed by atoms with E-state index >= 15 is 0 Å². The highest BCUT2D eigenvalue weighted by atomic mass is 19.1. The van der Waals surface area contributed by atoms with Crippen LogP contribution >= 0.6 is 0 Å². The van der Waals surface area contributed by atoms with E-state index < -0.39 is 24.5 Å². The fraction of sp³-hybridized carbons (Fsp3) is 0.556. The van der Waals surface area contributed by atoms with E-state index in [4.69, 9.17) is 9.47 Å². The lowest BCUT2D eigenvalue weighted by Crippen LogP contribution is -2.46. The van der Waals surface area contributed by atoms with Crippen molar-refractivity contribution in [3.05, 3.63) is 30.1 Å². The second-order valence-electron chi connectivity index (χ2n) is 6.23. The number of esters is 1. The maximum atomic E-state index is 13.4. The summed E-state index contributed by atoms with van der Waals surface area (Å²) in [7, 11) is 0. The minimum Gasteiger partial charge on any atom is -0.479 e. The summed E-state index contributed by atoms with van der Waals surface area (Å²) in [6, 6.07) is 5.91. The van der Waals surface area contributed by atoms with Gasteiger partial charge in [0.25, 0.3) is 5.91 Å². The van der Waals surface area contributed by atoms with Gasteiger partial charge >= 0.3 is 5.97 Å². The average Bonchev–Trinajstić information content (AvgIpc) is 2.56. The fourth-order valence-electron chi connectivity index (χ4n) is 2.81. The van der Waals surface area contributed by atoms with Crippen molar-refractivity contribution in [2.24, 2.45) is 5.92 Å². The van der Waals surface area contributed by atoms with Crippen LogP contribution in [0.3, 0.4) is 0 Å². The Morgan fingerprint density at radius 1 is 1.29 bits per heavy atom. The molecule has 6 heteroatoms. The van der Waals surface area contributed by atoms with Crippen LogP contribution in [-0.4, -0.2) is 30.6 Å². The van der Waals surface area contributed by atoms with Crippen molar-refractivity contribution in [3.8, 4) is 5.75 Å². The van der Waals surface area contributed by atoms with Crippen LogP contribution in [0.4, 0.5) is 4.39 Å². The van der Waals surface area contributed by atoms with E-state index in [2.05, 4.69) is 12.2 Å². The van der Waals surface area contributed by atoms with E-state index in [-0.39, 0.29) is 17.7 Å². The Hall–Kier alpha value is -2.11. The smallest absolute Gasteiger partial charge is 0.344 e. The molecule has 0 aromatic heterocycles. The zero-order valence-electron chi connectivity index (χ0n) is 14.1. The Balaban J connectivity index is 1.76. The van der Waals surface area contributed by atoms with Crippen LogP contribution in [0.25, 0.3) is 0 Å². The van der Waals surface area contributed by atoms with Gasteiger partial charge in [0.05, 0.1) is 0 Å². The molecule has 0 aliphatic heterocycles. The first kappa shape index (κ1) is 18.2. The first-order valence-electron chi connectivity index (χ1n) is 8.34. The van der Waals surface area contributed by atoms with Gasteiger partial charge in [0, 0.05) is 6.04 Å². The van der Waals surface area contributed by atoms with Crippen molar-refractivity contribution < 1.29 is 23.5 Å². The van der Waals surface area contributed by atoms with E-state index in [0.29, 0.717) is 5.92 Å². The van der Waals surface area contributed by atoms with Crippen LogP contribution < -0.4 is 10.1 Å². The number of benzene rings is 1. The number of hydrogen-bond acceptors (Lipinski definition) is 4. The van der Waals surface area contributed by atoms with Gasteiger partial charge in [0.15, 0.2) is 24.3 Å². The predicted octanol–water partition coefficient (Wildman–Crippen LogP) is 2.83. The second-order valence-corrected chi connectivity index (χ2v) is 6.23. The second kappa shape index (κ2) is 8.66. The standard InChI is InChI=1S/C18H24FNO4/c1-12-7-3-5-9-15(12)20-18(22)13(2)24-17(21)11-23-16-10-6-4-8-14(16)19/h4,6,8,10,12-13,15H,3,5,7,9,11H2,1-2H3,(H,20,22)/t12-,13+,15+/m0/s1. The number of ether oxygens (including phenoxy) is 2. The molecular formula is C18H24FNO4. The van der Waals surface area contributed by atoms with Crippen LogP contribution in [0.5, 0.6) is 5.75 Å². The predicted molar refractivity (Wildman–Crippen MR) is 87.0 cm³/mol. The van der Waals surface area contributed by atoms with Gasteiger partial charge < -0.3 is 14.8 Å². The van der Waals surface area contributed by atoms with Crippen LogP contribution in [-0.2, 0) is 14.3 Å².